The molecule has 0 atom stereocenters. The quantitative estimate of drug-likeness (QED) is 0.678. The van der Waals surface area contributed by atoms with Gasteiger partial charge < -0.3 is 10.0 Å². The second-order valence-corrected chi connectivity index (χ2v) is 6.04. The highest BCUT2D eigenvalue weighted by Gasteiger charge is 2.22. The summed E-state index contributed by atoms with van der Waals surface area (Å²) >= 11 is 0. The standard InChI is InChI=1S/C16H21N3O3/c1-5-18(10-16(3,4)20)14-9-11(2)17-15-12(14)7-6-8-13(15)19(21)22/h6-9,20H,5,10H2,1-4H3. The SMILES string of the molecule is CCN(CC(C)(C)O)c1cc(C)nc2c([N+](=O)[O-])cccc12. The van der Waals surface area contributed by atoms with Crippen molar-refractivity contribution in [2.24, 2.45) is 0 Å². The summed E-state index contributed by atoms with van der Waals surface area (Å²) in [5.41, 5.74) is 1.10. The number of fused-ring (bicyclic) bond motifs is 1. The van der Waals surface area contributed by atoms with E-state index >= 15 is 0 Å². The zero-order valence-corrected chi connectivity index (χ0v) is 13.3. The van der Waals surface area contributed by atoms with Crippen molar-refractivity contribution < 1.29 is 10.0 Å². The number of likely N-dealkylation sites (N-methyl/N-ethyl adjacent to an activating group) is 1. The molecule has 118 valence electrons. The third-order valence-electron chi connectivity index (χ3n) is 3.42. The van der Waals surface area contributed by atoms with Crippen LogP contribution in [0.25, 0.3) is 10.9 Å². The Morgan fingerprint density at radius 1 is 1.41 bits per heavy atom. The number of rotatable bonds is 5. The first-order valence-corrected chi connectivity index (χ1v) is 7.25. The lowest BCUT2D eigenvalue weighted by atomic mass is 10.1. The molecule has 6 nitrogen and oxygen atoms in total. The van der Waals surface area contributed by atoms with Crippen LogP contribution in [-0.4, -0.2) is 33.7 Å². The predicted octanol–water partition coefficient (Wildman–Crippen LogP) is 3.05. The first-order chi connectivity index (χ1) is 10.2. The minimum atomic E-state index is -0.861. The van der Waals surface area contributed by atoms with E-state index in [0.29, 0.717) is 24.3 Å². The van der Waals surface area contributed by atoms with E-state index < -0.39 is 10.5 Å². The number of hydrogen-bond donors (Lipinski definition) is 1. The van der Waals surface area contributed by atoms with Crippen molar-refractivity contribution in [1.29, 1.82) is 0 Å². The molecule has 2 rings (SSSR count). The van der Waals surface area contributed by atoms with Crippen LogP contribution < -0.4 is 4.90 Å². The van der Waals surface area contributed by atoms with Gasteiger partial charge in [0.1, 0.15) is 0 Å². The van der Waals surface area contributed by atoms with Gasteiger partial charge in [-0.05, 0) is 33.8 Å². The molecule has 0 aliphatic carbocycles. The summed E-state index contributed by atoms with van der Waals surface area (Å²) in [6.45, 7) is 8.42. The Labute approximate surface area is 129 Å². The number of non-ortho nitro benzene ring substituents is 1. The number of nitro groups is 1. The molecule has 22 heavy (non-hydrogen) atoms. The van der Waals surface area contributed by atoms with Crippen molar-refractivity contribution in [3.05, 3.63) is 40.1 Å². The van der Waals surface area contributed by atoms with Crippen LogP contribution >= 0.6 is 0 Å². The van der Waals surface area contributed by atoms with Gasteiger partial charge in [-0.1, -0.05) is 12.1 Å². The van der Waals surface area contributed by atoms with Gasteiger partial charge in [0, 0.05) is 35.9 Å². The average molecular weight is 303 g/mol. The molecule has 6 heteroatoms. The lowest BCUT2D eigenvalue weighted by molar-refractivity contribution is -0.383. The molecule has 0 bridgehead atoms. The zero-order valence-electron chi connectivity index (χ0n) is 13.3. The molecule has 2 aromatic rings. The fraction of sp³-hybridized carbons (Fsp3) is 0.438. The Bertz CT molecular complexity index is 708. The summed E-state index contributed by atoms with van der Waals surface area (Å²) in [4.78, 5) is 17.2. The minimum absolute atomic E-state index is 0.00163. The Morgan fingerprint density at radius 2 is 2.09 bits per heavy atom. The van der Waals surface area contributed by atoms with Gasteiger partial charge in [0.05, 0.1) is 10.5 Å². The third-order valence-corrected chi connectivity index (χ3v) is 3.42. The Morgan fingerprint density at radius 3 is 2.64 bits per heavy atom. The molecule has 0 unspecified atom stereocenters. The maximum absolute atomic E-state index is 11.2. The number of nitro benzene ring substituents is 1. The normalized spacial score (nSPS) is 11.7. The van der Waals surface area contributed by atoms with E-state index in [2.05, 4.69) is 4.98 Å². The van der Waals surface area contributed by atoms with Crippen LogP contribution in [0.1, 0.15) is 26.5 Å². The van der Waals surface area contributed by atoms with Gasteiger partial charge in [-0.3, -0.25) is 10.1 Å². The largest absolute Gasteiger partial charge is 0.389 e. The van der Waals surface area contributed by atoms with Crippen LogP contribution in [0.15, 0.2) is 24.3 Å². The van der Waals surface area contributed by atoms with Crippen LogP contribution in [0.4, 0.5) is 11.4 Å². The molecule has 0 aliphatic rings. The number of anilines is 1. The second-order valence-electron chi connectivity index (χ2n) is 6.04. The van der Waals surface area contributed by atoms with Crippen LogP contribution in [0.5, 0.6) is 0 Å². The summed E-state index contributed by atoms with van der Waals surface area (Å²) in [5.74, 6) is 0. The zero-order chi connectivity index (χ0) is 16.5. The first kappa shape index (κ1) is 16.2. The van der Waals surface area contributed by atoms with Crippen molar-refractivity contribution >= 4 is 22.3 Å². The van der Waals surface area contributed by atoms with Gasteiger partial charge >= 0.3 is 0 Å². The molecule has 0 saturated heterocycles. The van der Waals surface area contributed by atoms with E-state index in [9.17, 15) is 15.2 Å². The molecule has 1 N–H and O–H groups in total. The summed E-state index contributed by atoms with van der Waals surface area (Å²) in [7, 11) is 0. The summed E-state index contributed by atoms with van der Waals surface area (Å²) in [6, 6.07) is 6.86. The van der Waals surface area contributed by atoms with Crippen LogP contribution in [0.3, 0.4) is 0 Å². The van der Waals surface area contributed by atoms with Crippen LogP contribution in [-0.2, 0) is 0 Å². The monoisotopic (exact) mass is 303 g/mol. The maximum atomic E-state index is 11.2. The molecule has 0 fully saturated rings. The number of aromatic nitrogens is 1. The molecule has 1 aromatic heterocycles. The molecule has 1 heterocycles. The Hall–Kier alpha value is -2.21. The van der Waals surface area contributed by atoms with Gasteiger partial charge in [-0.25, -0.2) is 4.98 Å². The molecule has 0 aliphatic heterocycles. The average Bonchev–Trinajstić information content (AvgIpc) is 2.42. The number of pyridine rings is 1. The van der Waals surface area contributed by atoms with Crippen molar-refractivity contribution in [2.75, 3.05) is 18.0 Å². The number of nitrogens with zero attached hydrogens (tertiary/aromatic N) is 3. The van der Waals surface area contributed by atoms with E-state index in [1.807, 2.05) is 30.9 Å². The van der Waals surface area contributed by atoms with Crippen LogP contribution in [0.2, 0.25) is 0 Å². The fourth-order valence-electron chi connectivity index (χ4n) is 2.58. The van der Waals surface area contributed by atoms with E-state index in [0.717, 1.165) is 11.1 Å². The van der Waals surface area contributed by atoms with Crippen molar-refractivity contribution in [3.63, 3.8) is 0 Å². The number of para-hydroxylation sites is 1. The number of hydrogen-bond acceptors (Lipinski definition) is 5. The van der Waals surface area contributed by atoms with Crippen molar-refractivity contribution in [3.8, 4) is 0 Å². The minimum Gasteiger partial charge on any atom is -0.389 e. The molecular formula is C16H21N3O3. The summed E-state index contributed by atoms with van der Waals surface area (Å²) in [6.07, 6.45) is 0. The smallest absolute Gasteiger partial charge is 0.295 e. The Kier molecular flexibility index (Phi) is 4.32. The lowest BCUT2D eigenvalue weighted by Crippen LogP contribution is -2.38. The maximum Gasteiger partial charge on any atom is 0.295 e. The highest BCUT2D eigenvalue weighted by molar-refractivity contribution is 5.97. The highest BCUT2D eigenvalue weighted by Crippen LogP contribution is 2.32. The Balaban J connectivity index is 2.68. The fourth-order valence-corrected chi connectivity index (χ4v) is 2.58. The van der Waals surface area contributed by atoms with Gasteiger partial charge in [-0.15, -0.1) is 0 Å². The second kappa shape index (κ2) is 5.88. The van der Waals surface area contributed by atoms with Gasteiger partial charge in [0.15, 0.2) is 5.52 Å². The van der Waals surface area contributed by atoms with Crippen molar-refractivity contribution in [1.82, 2.24) is 4.98 Å². The van der Waals surface area contributed by atoms with Crippen molar-refractivity contribution in [2.45, 2.75) is 33.3 Å². The van der Waals surface area contributed by atoms with Gasteiger partial charge in [0.2, 0.25) is 0 Å². The van der Waals surface area contributed by atoms with E-state index in [-0.39, 0.29) is 5.69 Å². The lowest BCUT2D eigenvalue weighted by Gasteiger charge is -2.30. The third kappa shape index (κ3) is 3.33. The molecule has 0 amide bonds. The van der Waals surface area contributed by atoms with E-state index in [1.165, 1.54) is 6.07 Å². The topological polar surface area (TPSA) is 79.5 Å². The first-order valence-electron chi connectivity index (χ1n) is 7.25. The number of aryl methyl sites for hydroxylation is 1. The summed E-state index contributed by atoms with van der Waals surface area (Å²) < 4.78 is 0. The van der Waals surface area contributed by atoms with Crippen LogP contribution in [0, 0.1) is 17.0 Å². The molecule has 0 radical (unpaired) electrons. The van der Waals surface area contributed by atoms with E-state index in [4.69, 9.17) is 0 Å². The summed E-state index contributed by atoms with van der Waals surface area (Å²) in [5, 5.41) is 22.0. The number of aliphatic hydroxyl groups is 1. The molecule has 0 spiro atoms. The van der Waals surface area contributed by atoms with Gasteiger partial charge in [0.25, 0.3) is 5.69 Å². The number of benzene rings is 1. The van der Waals surface area contributed by atoms with E-state index in [1.54, 1.807) is 19.9 Å². The highest BCUT2D eigenvalue weighted by atomic mass is 16.6. The molecular weight excluding hydrogens is 282 g/mol. The van der Waals surface area contributed by atoms with Gasteiger partial charge in [-0.2, -0.15) is 0 Å². The molecule has 0 saturated carbocycles. The predicted molar refractivity (Wildman–Crippen MR) is 87.3 cm³/mol. The molecule has 1 aromatic carbocycles.